The van der Waals surface area contributed by atoms with E-state index in [4.69, 9.17) is 9.47 Å². The second-order valence-corrected chi connectivity index (χ2v) is 5.38. The molecule has 1 atom stereocenters. The smallest absolute Gasteiger partial charge is 0.125 e. The lowest BCUT2D eigenvalue weighted by molar-refractivity contribution is -0.153. The van der Waals surface area contributed by atoms with Gasteiger partial charge in [0, 0.05) is 18.4 Å². The Morgan fingerprint density at radius 2 is 2.17 bits per heavy atom. The molecule has 0 aromatic heterocycles. The zero-order valence-electron chi connectivity index (χ0n) is 10.6. The van der Waals surface area contributed by atoms with E-state index < -0.39 is 0 Å². The molecule has 1 saturated heterocycles. The highest BCUT2D eigenvalue weighted by Crippen LogP contribution is 2.43. The third-order valence-electron chi connectivity index (χ3n) is 4.15. The van der Waals surface area contributed by atoms with Crippen LogP contribution in [-0.4, -0.2) is 23.4 Å². The topological polar surface area (TPSA) is 38.7 Å². The highest BCUT2D eigenvalue weighted by Gasteiger charge is 2.43. The van der Waals surface area contributed by atoms with Crippen molar-refractivity contribution in [3.05, 3.63) is 29.8 Å². The molecule has 0 amide bonds. The van der Waals surface area contributed by atoms with E-state index in [-0.39, 0.29) is 18.3 Å². The van der Waals surface area contributed by atoms with E-state index >= 15 is 0 Å². The van der Waals surface area contributed by atoms with Crippen molar-refractivity contribution in [2.75, 3.05) is 6.61 Å². The number of aliphatic hydroxyl groups excluding tert-OH is 1. The molecule has 18 heavy (non-hydrogen) atoms. The van der Waals surface area contributed by atoms with Gasteiger partial charge in [0.05, 0.1) is 18.8 Å². The summed E-state index contributed by atoms with van der Waals surface area (Å²) in [5, 5.41) is 9.30. The monoisotopic (exact) mass is 248 g/mol. The molecule has 1 unspecified atom stereocenters. The van der Waals surface area contributed by atoms with Gasteiger partial charge in [0.15, 0.2) is 0 Å². The minimum atomic E-state index is 0.0323. The summed E-state index contributed by atoms with van der Waals surface area (Å²) in [7, 11) is 0. The average molecular weight is 248 g/mol. The Morgan fingerprint density at radius 1 is 1.33 bits per heavy atom. The van der Waals surface area contributed by atoms with Gasteiger partial charge < -0.3 is 14.6 Å². The van der Waals surface area contributed by atoms with Gasteiger partial charge in [-0.1, -0.05) is 18.2 Å². The Hall–Kier alpha value is -1.06. The predicted molar refractivity (Wildman–Crippen MR) is 68.5 cm³/mol. The first-order valence-electron chi connectivity index (χ1n) is 6.81. The zero-order chi connectivity index (χ0) is 12.4. The fraction of sp³-hybridized carbons (Fsp3) is 0.600. The Bertz CT molecular complexity index is 412. The van der Waals surface area contributed by atoms with Crippen molar-refractivity contribution in [2.24, 2.45) is 0 Å². The number of para-hydroxylation sites is 1. The lowest BCUT2D eigenvalue weighted by atomic mass is 9.74. The largest absolute Gasteiger partial charge is 0.490 e. The summed E-state index contributed by atoms with van der Waals surface area (Å²) in [6.07, 6.45) is 5.80. The molecule has 2 fully saturated rings. The van der Waals surface area contributed by atoms with Gasteiger partial charge in [0.1, 0.15) is 11.9 Å². The molecule has 1 heterocycles. The van der Waals surface area contributed by atoms with Crippen LogP contribution in [0.2, 0.25) is 0 Å². The van der Waals surface area contributed by atoms with Crippen LogP contribution in [0.15, 0.2) is 24.3 Å². The first kappa shape index (κ1) is 12.0. The van der Waals surface area contributed by atoms with Gasteiger partial charge in [-0.3, -0.25) is 0 Å². The summed E-state index contributed by atoms with van der Waals surface area (Å²) < 4.78 is 12.0. The van der Waals surface area contributed by atoms with E-state index in [0.717, 1.165) is 30.8 Å². The normalized spacial score (nSPS) is 25.7. The molecule has 1 aromatic carbocycles. The fourth-order valence-electron chi connectivity index (χ4n) is 2.93. The van der Waals surface area contributed by atoms with Gasteiger partial charge in [-0.2, -0.15) is 0 Å². The van der Waals surface area contributed by atoms with E-state index in [1.54, 1.807) is 0 Å². The number of benzene rings is 1. The highest BCUT2D eigenvalue weighted by atomic mass is 16.5. The van der Waals surface area contributed by atoms with E-state index in [2.05, 4.69) is 0 Å². The van der Waals surface area contributed by atoms with E-state index in [1.807, 2.05) is 24.3 Å². The van der Waals surface area contributed by atoms with Crippen molar-refractivity contribution in [3.63, 3.8) is 0 Å². The van der Waals surface area contributed by atoms with Crippen molar-refractivity contribution < 1.29 is 14.6 Å². The molecule has 3 rings (SSSR count). The van der Waals surface area contributed by atoms with Gasteiger partial charge in [0.2, 0.25) is 0 Å². The molecule has 1 spiro atoms. The molecule has 1 aromatic rings. The summed E-state index contributed by atoms with van der Waals surface area (Å²) in [4.78, 5) is 0. The summed E-state index contributed by atoms with van der Waals surface area (Å²) in [6.45, 7) is 0.830. The van der Waals surface area contributed by atoms with Gasteiger partial charge >= 0.3 is 0 Å². The number of ether oxygens (including phenoxy) is 2. The van der Waals surface area contributed by atoms with Crippen LogP contribution in [-0.2, 0) is 11.3 Å². The molecule has 0 bridgehead atoms. The quantitative estimate of drug-likeness (QED) is 0.893. The number of rotatable bonds is 3. The van der Waals surface area contributed by atoms with E-state index in [0.29, 0.717) is 0 Å². The highest BCUT2D eigenvalue weighted by molar-refractivity contribution is 5.32. The maximum atomic E-state index is 9.30. The molecule has 3 heteroatoms. The molecule has 1 saturated carbocycles. The maximum absolute atomic E-state index is 9.30. The maximum Gasteiger partial charge on any atom is 0.125 e. The van der Waals surface area contributed by atoms with Crippen LogP contribution in [0.25, 0.3) is 0 Å². The van der Waals surface area contributed by atoms with Crippen molar-refractivity contribution in [1.29, 1.82) is 0 Å². The summed E-state index contributed by atoms with van der Waals surface area (Å²) in [6, 6.07) is 7.73. The van der Waals surface area contributed by atoms with Crippen molar-refractivity contribution in [3.8, 4) is 5.75 Å². The zero-order valence-corrected chi connectivity index (χ0v) is 10.6. The first-order valence-corrected chi connectivity index (χ1v) is 6.81. The molecule has 1 aliphatic carbocycles. The summed E-state index contributed by atoms with van der Waals surface area (Å²) >= 11 is 0. The number of hydrogen-bond donors (Lipinski definition) is 1. The summed E-state index contributed by atoms with van der Waals surface area (Å²) in [5.41, 5.74) is 0.975. The molecule has 2 aliphatic rings. The number of hydrogen-bond acceptors (Lipinski definition) is 3. The minimum absolute atomic E-state index is 0.0323. The van der Waals surface area contributed by atoms with Gasteiger partial charge in [-0.15, -0.1) is 0 Å². The van der Waals surface area contributed by atoms with Crippen LogP contribution in [0.1, 0.15) is 37.7 Å². The molecule has 3 nitrogen and oxygen atoms in total. The van der Waals surface area contributed by atoms with Crippen molar-refractivity contribution >= 4 is 0 Å². The third-order valence-corrected chi connectivity index (χ3v) is 4.15. The van der Waals surface area contributed by atoms with Crippen LogP contribution in [0, 0.1) is 0 Å². The summed E-state index contributed by atoms with van der Waals surface area (Å²) in [5.74, 6) is 0.821. The Balaban J connectivity index is 1.68. The Morgan fingerprint density at radius 3 is 2.89 bits per heavy atom. The molecule has 98 valence electrons. The van der Waals surface area contributed by atoms with E-state index in [9.17, 15) is 5.11 Å². The molecule has 0 radical (unpaired) electrons. The van der Waals surface area contributed by atoms with Crippen LogP contribution in [0.4, 0.5) is 0 Å². The molecule has 1 N–H and O–H groups in total. The molecule has 1 aliphatic heterocycles. The first-order chi connectivity index (χ1) is 8.81. The van der Waals surface area contributed by atoms with Crippen LogP contribution < -0.4 is 4.74 Å². The van der Waals surface area contributed by atoms with Crippen LogP contribution >= 0.6 is 0 Å². The second-order valence-electron chi connectivity index (χ2n) is 5.38. The van der Waals surface area contributed by atoms with Crippen molar-refractivity contribution in [2.45, 2.75) is 50.4 Å². The van der Waals surface area contributed by atoms with Crippen LogP contribution in [0.3, 0.4) is 0 Å². The number of aliphatic hydroxyl groups is 1. The fourth-order valence-corrected chi connectivity index (χ4v) is 2.93. The Kier molecular flexibility index (Phi) is 3.27. The van der Waals surface area contributed by atoms with Crippen LogP contribution in [0.5, 0.6) is 5.75 Å². The lowest BCUT2D eigenvalue weighted by Gasteiger charge is -2.47. The van der Waals surface area contributed by atoms with Gasteiger partial charge in [-0.25, -0.2) is 0 Å². The SMILES string of the molecule is OCc1ccccc1OC1CCOC2(CCC2)C1. The van der Waals surface area contributed by atoms with Gasteiger partial charge in [-0.05, 0) is 25.3 Å². The lowest BCUT2D eigenvalue weighted by Crippen LogP contribution is -2.48. The predicted octanol–water partition coefficient (Wildman–Crippen LogP) is 2.66. The van der Waals surface area contributed by atoms with E-state index in [1.165, 1.54) is 19.3 Å². The standard InChI is InChI=1S/C15H20O3/c16-11-12-4-1-2-5-14(12)18-13-6-9-17-15(10-13)7-3-8-15/h1-2,4-5,13,16H,3,6-11H2. The minimum Gasteiger partial charge on any atom is -0.490 e. The second kappa shape index (κ2) is 4.90. The van der Waals surface area contributed by atoms with Gasteiger partial charge in [0.25, 0.3) is 0 Å². The van der Waals surface area contributed by atoms with Crippen molar-refractivity contribution in [1.82, 2.24) is 0 Å². The third kappa shape index (κ3) is 2.25. The Labute approximate surface area is 108 Å². The molecular formula is C15H20O3. The molecular weight excluding hydrogens is 228 g/mol. The average Bonchev–Trinajstić information content (AvgIpc) is 2.38.